The zero-order valence-electron chi connectivity index (χ0n) is 5.79. The molecule has 0 amide bonds. The van der Waals surface area contributed by atoms with Crippen LogP contribution in [0.3, 0.4) is 0 Å². The van der Waals surface area contributed by atoms with Crippen LogP contribution in [0.1, 0.15) is 0 Å². The minimum absolute atomic E-state index is 0.189. The normalized spacial score (nSPS) is 11.5. The molecule has 1 aromatic rings. The van der Waals surface area contributed by atoms with E-state index in [0.717, 1.165) is 12.1 Å². The molecule has 0 unspecified atom stereocenters. The summed E-state index contributed by atoms with van der Waals surface area (Å²) < 4.78 is 33.6. The van der Waals surface area contributed by atoms with Crippen LogP contribution >= 0.6 is 15.9 Å². The highest BCUT2D eigenvalue weighted by Gasteiger charge is 2.12. The van der Waals surface area contributed by atoms with Crippen molar-refractivity contribution in [2.45, 2.75) is 4.90 Å². The number of rotatable bonds is 1. The van der Waals surface area contributed by atoms with E-state index in [1.54, 1.807) is 0 Å². The van der Waals surface area contributed by atoms with Crippen LogP contribution in [0.25, 0.3) is 0 Å². The molecule has 0 fully saturated rings. The molecule has 12 heavy (non-hydrogen) atoms. The van der Waals surface area contributed by atoms with Crippen LogP contribution in [0.2, 0.25) is 0 Å². The van der Waals surface area contributed by atoms with Crippen LogP contribution in [0.4, 0.5) is 9.57 Å². The van der Waals surface area contributed by atoms with Crippen LogP contribution in [0.5, 0.6) is 0 Å². The molecule has 1 rings (SSSR count). The average Bonchev–Trinajstić information content (AvgIpc) is 1.92. The van der Waals surface area contributed by atoms with Crippen molar-refractivity contribution < 1.29 is 12.3 Å². The summed E-state index contributed by atoms with van der Waals surface area (Å²) in [4.78, 5) is -0.428. The van der Waals surface area contributed by atoms with Crippen molar-refractivity contribution in [1.29, 1.82) is 0 Å². The van der Waals surface area contributed by atoms with Gasteiger partial charge >= 0.3 is 10.2 Å². The SMILES string of the molecule is Nc1cc(S(=O)(=O)F)ccc1Br. The van der Waals surface area contributed by atoms with Crippen LogP contribution in [-0.2, 0) is 10.2 Å². The monoisotopic (exact) mass is 253 g/mol. The van der Waals surface area contributed by atoms with Crippen LogP contribution in [0.15, 0.2) is 27.6 Å². The number of benzene rings is 1. The number of nitrogens with two attached hydrogens (primary N) is 1. The zero-order chi connectivity index (χ0) is 9.35. The van der Waals surface area contributed by atoms with Gasteiger partial charge in [-0.1, -0.05) is 0 Å². The number of hydrogen-bond acceptors (Lipinski definition) is 3. The van der Waals surface area contributed by atoms with E-state index in [1.807, 2.05) is 0 Å². The topological polar surface area (TPSA) is 60.2 Å². The third-order valence-corrected chi connectivity index (χ3v) is 2.79. The van der Waals surface area contributed by atoms with Gasteiger partial charge in [-0.25, -0.2) is 0 Å². The van der Waals surface area contributed by atoms with Gasteiger partial charge < -0.3 is 5.73 Å². The lowest BCUT2D eigenvalue weighted by molar-refractivity contribution is 0.552. The Morgan fingerprint density at radius 1 is 1.42 bits per heavy atom. The highest BCUT2D eigenvalue weighted by Crippen LogP contribution is 2.23. The zero-order valence-corrected chi connectivity index (χ0v) is 8.19. The summed E-state index contributed by atoms with van der Waals surface area (Å²) in [5.74, 6) is 0. The first-order valence-corrected chi connectivity index (χ1v) is 5.08. The van der Waals surface area contributed by atoms with Crippen LogP contribution < -0.4 is 5.73 Å². The number of hydrogen-bond donors (Lipinski definition) is 1. The fraction of sp³-hybridized carbons (Fsp3) is 0. The van der Waals surface area contributed by atoms with Gasteiger partial charge in [-0.15, -0.1) is 3.89 Å². The fourth-order valence-corrected chi connectivity index (χ4v) is 1.42. The van der Waals surface area contributed by atoms with Crippen molar-refractivity contribution in [3.8, 4) is 0 Å². The molecule has 6 heteroatoms. The van der Waals surface area contributed by atoms with E-state index < -0.39 is 15.1 Å². The van der Waals surface area contributed by atoms with E-state index >= 15 is 0 Å². The summed E-state index contributed by atoms with van der Waals surface area (Å²) in [6, 6.07) is 3.57. The summed E-state index contributed by atoms with van der Waals surface area (Å²) in [5, 5.41) is 0. The molecule has 1 aromatic carbocycles. The molecule has 0 aromatic heterocycles. The minimum Gasteiger partial charge on any atom is -0.398 e. The number of halogens is 2. The van der Waals surface area contributed by atoms with Crippen LogP contribution in [-0.4, -0.2) is 8.42 Å². The molecule has 66 valence electrons. The average molecular weight is 254 g/mol. The summed E-state index contributed by atoms with van der Waals surface area (Å²) in [5.41, 5.74) is 5.53. The van der Waals surface area contributed by atoms with Crippen molar-refractivity contribution >= 4 is 31.8 Å². The van der Waals surface area contributed by atoms with Gasteiger partial charge in [0.1, 0.15) is 4.90 Å². The van der Waals surface area contributed by atoms with Gasteiger partial charge in [-0.3, -0.25) is 0 Å². The standard InChI is InChI=1S/C6H5BrFNO2S/c7-5-2-1-4(3-6(5)9)12(8,10)11/h1-3H,9H2. The van der Waals surface area contributed by atoms with Gasteiger partial charge in [0.2, 0.25) is 0 Å². The molecule has 3 nitrogen and oxygen atoms in total. The molecule has 0 bridgehead atoms. The highest BCUT2D eigenvalue weighted by atomic mass is 79.9. The molecule has 0 aliphatic carbocycles. The molecule has 0 heterocycles. The van der Waals surface area contributed by atoms with Crippen molar-refractivity contribution in [2.75, 3.05) is 5.73 Å². The molecule has 0 saturated carbocycles. The van der Waals surface area contributed by atoms with Crippen molar-refractivity contribution in [1.82, 2.24) is 0 Å². The van der Waals surface area contributed by atoms with Gasteiger partial charge in [0, 0.05) is 10.2 Å². The quantitative estimate of drug-likeness (QED) is 0.612. The Labute approximate surface area is 77.7 Å². The van der Waals surface area contributed by atoms with Gasteiger partial charge in [0.15, 0.2) is 0 Å². The Morgan fingerprint density at radius 2 is 2.00 bits per heavy atom. The lowest BCUT2D eigenvalue weighted by atomic mass is 10.3. The van der Waals surface area contributed by atoms with Crippen molar-refractivity contribution in [3.63, 3.8) is 0 Å². The minimum atomic E-state index is -4.64. The smallest absolute Gasteiger partial charge is 0.332 e. The highest BCUT2D eigenvalue weighted by molar-refractivity contribution is 9.10. The molecule has 2 N–H and O–H groups in total. The molecule has 0 radical (unpaired) electrons. The van der Waals surface area contributed by atoms with Crippen LogP contribution in [0, 0.1) is 0 Å². The van der Waals surface area contributed by atoms with E-state index in [1.165, 1.54) is 6.07 Å². The third kappa shape index (κ3) is 1.95. The van der Waals surface area contributed by atoms with E-state index in [-0.39, 0.29) is 5.69 Å². The van der Waals surface area contributed by atoms with Gasteiger partial charge in [-0.05, 0) is 34.1 Å². The molecule has 0 spiro atoms. The molecule has 0 aliphatic rings. The van der Waals surface area contributed by atoms with E-state index in [0.29, 0.717) is 4.47 Å². The summed E-state index contributed by atoms with van der Waals surface area (Å²) in [6.45, 7) is 0. The number of anilines is 1. The maximum atomic E-state index is 12.3. The lowest BCUT2D eigenvalue weighted by Crippen LogP contribution is -1.94. The first-order chi connectivity index (χ1) is 5.41. The van der Waals surface area contributed by atoms with Gasteiger partial charge in [-0.2, -0.15) is 8.42 Å². The van der Waals surface area contributed by atoms with E-state index in [2.05, 4.69) is 15.9 Å². The second kappa shape index (κ2) is 3.02. The van der Waals surface area contributed by atoms with E-state index in [4.69, 9.17) is 5.73 Å². The molecule has 0 atom stereocenters. The predicted molar refractivity (Wildman–Crippen MR) is 46.8 cm³/mol. The largest absolute Gasteiger partial charge is 0.398 e. The molecule has 0 aliphatic heterocycles. The Morgan fingerprint density at radius 3 is 2.42 bits per heavy atom. The summed E-state index contributed by atoms with van der Waals surface area (Å²) in [6.07, 6.45) is 0. The molecule has 0 saturated heterocycles. The lowest BCUT2D eigenvalue weighted by Gasteiger charge is -1.98. The maximum Gasteiger partial charge on any atom is 0.332 e. The fourth-order valence-electron chi connectivity index (χ4n) is 0.673. The Kier molecular flexibility index (Phi) is 2.39. The summed E-state index contributed by atoms with van der Waals surface area (Å²) in [7, 11) is -4.64. The van der Waals surface area contributed by atoms with Gasteiger partial charge in [0.25, 0.3) is 0 Å². The first-order valence-electron chi connectivity index (χ1n) is 2.91. The Bertz CT molecular complexity index is 404. The maximum absolute atomic E-state index is 12.3. The molecular weight excluding hydrogens is 249 g/mol. The third-order valence-electron chi connectivity index (χ3n) is 1.25. The Hall–Kier alpha value is -0.620. The first kappa shape index (κ1) is 9.47. The second-order valence-corrected chi connectivity index (χ2v) is 4.32. The van der Waals surface area contributed by atoms with E-state index in [9.17, 15) is 12.3 Å². The molecular formula is C6H5BrFNO2S. The van der Waals surface area contributed by atoms with Crippen molar-refractivity contribution in [3.05, 3.63) is 22.7 Å². The predicted octanol–water partition coefficient (Wildman–Crippen LogP) is 1.69. The van der Waals surface area contributed by atoms with Crippen molar-refractivity contribution in [2.24, 2.45) is 0 Å². The summed E-state index contributed by atoms with van der Waals surface area (Å²) >= 11 is 3.05. The second-order valence-electron chi connectivity index (χ2n) is 2.12. The number of nitrogen functional groups attached to an aromatic ring is 1. The Balaban J connectivity index is 3.33. The van der Waals surface area contributed by atoms with Gasteiger partial charge in [0.05, 0.1) is 0 Å².